The van der Waals surface area contributed by atoms with Crippen molar-refractivity contribution < 1.29 is 23.6 Å². The molecule has 2 rings (SSSR count). The standard InChI is InChI=1S/C19H23FN2O4/c1-13-10-18(21-7-5-15(25)6-8-21)17(20)11-16(13)19(26)22(12-24)14(2)4-3-9-23/h9-12,14H,3-8H2,1-2H3. The van der Waals surface area contributed by atoms with E-state index in [1.807, 2.05) is 0 Å². The van der Waals surface area contributed by atoms with Gasteiger partial charge in [-0.25, -0.2) is 4.39 Å². The van der Waals surface area contributed by atoms with Crippen molar-refractivity contribution in [1.29, 1.82) is 0 Å². The molecular formula is C19H23FN2O4. The van der Waals surface area contributed by atoms with Gasteiger partial charge in [-0.3, -0.25) is 19.3 Å². The molecular weight excluding hydrogens is 339 g/mol. The van der Waals surface area contributed by atoms with E-state index in [1.165, 1.54) is 0 Å². The number of benzene rings is 1. The van der Waals surface area contributed by atoms with E-state index in [9.17, 15) is 23.6 Å². The maximum Gasteiger partial charge on any atom is 0.260 e. The van der Waals surface area contributed by atoms with Crippen molar-refractivity contribution in [2.24, 2.45) is 0 Å². The number of nitrogens with zero attached hydrogens (tertiary/aromatic N) is 2. The Morgan fingerprint density at radius 1 is 1.31 bits per heavy atom. The third kappa shape index (κ3) is 4.33. The van der Waals surface area contributed by atoms with Gasteiger partial charge in [0.25, 0.3) is 5.91 Å². The predicted octanol–water partition coefficient (Wildman–Crippen LogP) is 2.27. The number of ketones is 1. The zero-order chi connectivity index (χ0) is 19.3. The van der Waals surface area contributed by atoms with Crippen molar-refractivity contribution in [3.63, 3.8) is 0 Å². The number of carbonyl (C=O) groups excluding carboxylic acids is 4. The van der Waals surface area contributed by atoms with Crippen LogP contribution in [0.15, 0.2) is 12.1 Å². The zero-order valence-electron chi connectivity index (χ0n) is 15.0. The first kappa shape index (κ1) is 19.8. The molecule has 1 fully saturated rings. The van der Waals surface area contributed by atoms with Gasteiger partial charge in [0.05, 0.1) is 5.69 Å². The van der Waals surface area contributed by atoms with Crippen LogP contribution >= 0.6 is 0 Å². The minimum Gasteiger partial charge on any atom is -0.368 e. The molecule has 0 aromatic heterocycles. The summed E-state index contributed by atoms with van der Waals surface area (Å²) in [5, 5.41) is 0. The fraction of sp³-hybridized carbons (Fsp3) is 0.474. The van der Waals surface area contributed by atoms with Crippen LogP contribution in [0.1, 0.15) is 48.5 Å². The Balaban J connectivity index is 2.25. The van der Waals surface area contributed by atoms with E-state index in [-0.39, 0.29) is 17.8 Å². The lowest BCUT2D eigenvalue weighted by atomic mass is 10.0. The van der Waals surface area contributed by atoms with Crippen molar-refractivity contribution in [1.82, 2.24) is 4.90 Å². The molecule has 7 heteroatoms. The monoisotopic (exact) mass is 362 g/mol. The molecule has 1 aliphatic heterocycles. The lowest BCUT2D eigenvalue weighted by Crippen LogP contribution is -2.38. The molecule has 1 aliphatic rings. The number of carbonyl (C=O) groups is 4. The molecule has 0 aliphatic carbocycles. The second-order valence-corrected chi connectivity index (χ2v) is 6.56. The number of aryl methyl sites for hydroxylation is 1. The molecule has 0 spiro atoms. The number of rotatable bonds is 7. The summed E-state index contributed by atoms with van der Waals surface area (Å²) in [4.78, 5) is 48.7. The first-order valence-corrected chi connectivity index (χ1v) is 8.67. The number of hydrogen-bond acceptors (Lipinski definition) is 5. The molecule has 1 atom stereocenters. The number of anilines is 1. The van der Waals surface area contributed by atoms with Gasteiger partial charge in [-0.2, -0.15) is 0 Å². The van der Waals surface area contributed by atoms with Gasteiger partial charge < -0.3 is 9.69 Å². The SMILES string of the molecule is Cc1cc(N2CCC(=O)CC2)c(F)cc1C(=O)N(C=O)C(C)CCC=O. The van der Waals surface area contributed by atoms with Crippen molar-refractivity contribution in [2.75, 3.05) is 18.0 Å². The topological polar surface area (TPSA) is 74.8 Å². The normalized spacial score (nSPS) is 15.5. The third-order valence-electron chi connectivity index (χ3n) is 4.71. The van der Waals surface area contributed by atoms with Crippen molar-refractivity contribution >= 4 is 30.1 Å². The van der Waals surface area contributed by atoms with E-state index < -0.39 is 17.8 Å². The van der Waals surface area contributed by atoms with Gasteiger partial charge in [0.15, 0.2) is 0 Å². The Bertz CT molecular complexity index is 710. The maximum absolute atomic E-state index is 14.6. The molecule has 1 aromatic carbocycles. The molecule has 26 heavy (non-hydrogen) atoms. The van der Waals surface area contributed by atoms with Gasteiger partial charge in [-0.15, -0.1) is 0 Å². The van der Waals surface area contributed by atoms with Gasteiger partial charge in [-0.1, -0.05) is 0 Å². The van der Waals surface area contributed by atoms with E-state index in [4.69, 9.17) is 0 Å². The highest BCUT2D eigenvalue weighted by Gasteiger charge is 2.25. The number of halogens is 1. The molecule has 1 aromatic rings. The number of piperidine rings is 1. The minimum absolute atomic E-state index is 0.115. The van der Waals surface area contributed by atoms with Crippen LogP contribution in [0, 0.1) is 12.7 Å². The second kappa shape index (κ2) is 8.69. The molecule has 2 amide bonds. The summed E-state index contributed by atoms with van der Waals surface area (Å²) in [5.74, 6) is -0.981. The average Bonchev–Trinajstić information content (AvgIpc) is 2.62. The van der Waals surface area contributed by atoms with E-state index in [0.29, 0.717) is 50.0 Å². The Kier molecular flexibility index (Phi) is 6.60. The zero-order valence-corrected chi connectivity index (χ0v) is 15.0. The highest BCUT2D eigenvalue weighted by Crippen LogP contribution is 2.27. The number of Topliss-reactive ketones (excluding diaryl/α,β-unsaturated/α-hetero) is 1. The highest BCUT2D eigenvalue weighted by atomic mass is 19.1. The Hall–Kier alpha value is -2.57. The molecule has 0 bridgehead atoms. The Morgan fingerprint density at radius 2 is 1.96 bits per heavy atom. The first-order chi connectivity index (χ1) is 12.4. The number of amides is 2. The number of aldehydes is 1. The van der Waals surface area contributed by atoms with Gasteiger partial charge in [0.1, 0.15) is 17.9 Å². The van der Waals surface area contributed by atoms with Crippen molar-refractivity contribution in [2.45, 2.75) is 45.6 Å². The van der Waals surface area contributed by atoms with E-state index in [0.717, 1.165) is 17.3 Å². The van der Waals surface area contributed by atoms with Crippen LogP contribution in [0.2, 0.25) is 0 Å². The van der Waals surface area contributed by atoms with Gasteiger partial charge >= 0.3 is 0 Å². The molecule has 6 nitrogen and oxygen atoms in total. The van der Waals surface area contributed by atoms with E-state index in [2.05, 4.69) is 0 Å². The third-order valence-corrected chi connectivity index (χ3v) is 4.71. The smallest absolute Gasteiger partial charge is 0.260 e. The summed E-state index contributed by atoms with van der Waals surface area (Å²) in [5.41, 5.74) is 1.03. The number of imide groups is 1. The maximum atomic E-state index is 14.6. The lowest BCUT2D eigenvalue weighted by molar-refractivity contribution is -0.119. The second-order valence-electron chi connectivity index (χ2n) is 6.56. The molecule has 1 heterocycles. The molecule has 0 saturated carbocycles. The fourth-order valence-electron chi connectivity index (χ4n) is 3.08. The molecule has 1 saturated heterocycles. The lowest BCUT2D eigenvalue weighted by Gasteiger charge is -2.29. The van der Waals surface area contributed by atoms with Crippen LogP contribution in [0.25, 0.3) is 0 Å². The van der Waals surface area contributed by atoms with E-state index in [1.54, 1.807) is 24.8 Å². The van der Waals surface area contributed by atoms with E-state index >= 15 is 0 Å². The average molecular weight is 362 g/mol. The molecule has 0 radical (unpaired) electrons. The molecule has 0 N–H and O–H groups in total. The van der Waals surface area contributed by atoms with Gasteiger partial charge in [-0.05, 0) is 38.0 Å². The molecule has 140 valence electrons. The predicted molar refractivity (Wildman–Crippen MR) is 94.6 cm³/mol. The Morgan fingerprint density at radius 3 is 2.54 bits per heavy atom. The van der Waals surface area contributed by atoms with Crippen LogP contribution in [0.4, 0.5) is 10.1 Å². The van der Waals surface area contributed by atoms with Gasteiger partial charge in [0.2, 0.25) is 6.41 Å². The van der Waals surface area contributed by atoms with Crippen LogP contribution in [-0.4, -0.2) is 48.4 Å². The van der Waals surface area contributed by atoms with Crippen LogP contribution in [-0.2, 0) is 14.4 Å². The Labute approximate surface area is 152 Å². The fourth-order valence-corrected chi connectivity index (χ4v) is 3.08. The summed E-state index contributed by atoms with van der Waals surface area (Å²) in [6, 6.07) is 2.27. The van der Waals surface area contributed by atoms with Crippen LogP contribution in [0.5, 0.6) is 0 Å². The van der Waals surface area contributed by atoms with Crippen LogP contribution in [0.3, 0.4) is 0 Å². The van der Waals surface area contributed by atoms with Crippen molar-refractivity contribution in [3.05, 3.63) is 29.1 Å². The summed E-state index contributed by atoms with van der Waals surface area (Å²) in [6.45, 7) is 4.25. The quantitative estimate of drug-likeness (QED) is 0.696. The first-order valence-electron chi connectivity index (χ1n) is 8.67. The summed E-state index contributed by atoms with van der Waals surface area (Å²) in [7, 11) is 0. The van der Waals surface area contributed by atoms with Gasteiger partial charge in [0, 0.05) is 44.0 Å². The largest absolute Gasteiger partial charge is 0.368 e. The summed E-state index contributed by atoms with van der Waals surface area (Å²) in [6.07, 6.45) is 2.50. The summed E-state index contributed by atoms with van der Waals surface area (Å²) >= 11 is 0. The van der Waals surface area contributed by atoms with Crippen LogP contribution < -0.4 is 4.90 Å². The highest BCUT2D eigenvalue weighted by molar-refractivity contribution is 6.01. The van der Waals surface area contributed by atoms with Crippen molar-refractivity contribution in [3.8, 4) is 0 Å². The summed E-state index contributed by atoms with van der Waals surface area (Å²) < 4.78 is 14.6. The molecule has 1 unspecified atom stereocenters. The number of hydrogen-bond donors (Lipinski definition) is 0. The minimum atomic E-state index is -0.588.